The van der Waals surface area contributed by atoms with E-state index in [-0.39, 0.29) is 18.1 Å². The molecule has 2 fully saturated rings. The predicted molar refractivity (Wildman–Crippen MR) is 121 cm³/mol. The lowest BCUT2D eigenvalue weighted by atomic mass is 10.0. The Balaban J connectivity index is 1.52. The van der Waals surface area contributed by atoms with Crippen LogP contribution in [0, 0.1) is 5.82 Å². The van der Waals surface area contributed by atoms with E-state index in [4.69, 9.17) is 4.74 Å². The average molecular weight is 437 g/mol. The lowest BCUT2D eigenvalue weighted by Crippen LogP contribution is -2.27. The molecule has 2 heterocycles. The molecule has 2 aromatic carbocycles. The van der Waals surface area contributed by atoms with Crippen LogP contribution in [0.4, 0.5) is 4.39 Å². The van der Waals surface area contributed by atoms with E-state index >= 15 is 0 Å². The van der Waals surface area contributed by atoms with Crippen LogP contribution >= 0.6 is 7.42 Å². The summed E-state index contributed by atoms with van der Waals surface area (Å²) in [6.07, 6.45) is 10.2. The minimum absolute atomic E-state index is 0.139. The van der Waals surface area contributed by atoms with Gasteiger partial charge >= 0.3 is 0 Å². The van der Waals surface area contributed by atoms with Crippen molar-refractivity contribution in [2.45, 2.75) is 50.4 Å². The Morgan fingerprint density at radius 3 is 2.61 bits per heavy atom. The molecule has 3 atom stereocenters. The van der Waals surface area contributed by atoms with Crippen LogP contribution in [0.2, 0.25) is 0 Å². The fourth-order valence-corrected chi connectivity index (χ4v) is 5.32. The van der Waals surface area contributed by atoms with Crippen LogP contribution in [-0.2, 0) is 9.30 Å². The number of hydrogen-bond acceptors (Lipinski definition) is 3. The third kappa shape index (κ3) is 4.05. The summed E-state index contributed by atoms with van der Waals surface area (Å²) in [6, 6.07) is 12.6. The van der Waals surface area contributed by atoms with Gasteiger partial charge in [-0.3, -0.25) is 9.36 Å². The molecule has 3 aromatic rings. The summed E-state index contributed by atoms with van der Waals surface area (Å²) in [4.78, 5) is 13.3. The Kier molecular flexibility index (Phi) is 5.41. The van der Waals surface area contributed by atoms with Gasteiger partial charge in [0.1, 0.15) is 12.0 Å². The SMILES string of the molecule is C=P(=O)C[C@@H]1CCC[C@H](n2cc(C(=O)c3ccc(C4CC4)cc3)c3c(F)cccc32)O1. The van der Waals surface area contributed by atoms with Crippen LogP contribution < -0.4 is 0 Å². The topological polar surface area (TPSA) is 48.3 Å². The van der Waals surface area contributed by atoms with E-state index in [9.17, 15) is 13.8 Å². The van der Waals surface area contributed by atoms with Gasteiger partial charge < -0.3 is 9.30 Å². The Morgan fingerprint density at radius 1 is 1.13 bits per heavy atom. The number of ether oxygens (including phenoxy) is 1. The summed E-state index contributed by atoms with van der Waals surface area (Å²) in [5.74, 6) is 0.0140. The van der Waals surface area contributed by atoms with E-state index in [0.29, 0.717) is 34.1 Å². The highest BCUT2D eigenvalue weighted by Crippen LogP contribution is 2.40. The highest BCUT2D eigenvalue weighted by molar-refractivity contribution is 7.43. The first-order chi connectivity index (χ1) is 15.0. The molecule has 1 saturated heterocycles. The summed E-state index contributed by atoms with van der Waals surface area (Å²) in [5.41, 5.74) is 2.81. The molecule has 1 aliphatic carbocycles. The summed E-state index contributed by atoms with van der Waals surface area (Å²) < 4.78 is 34.5. The predicted octanol–water partition coefficient (Wildman–Crippen LogP) is 6.22. The van der Waals surface area contributed by atoms with Gasteiger partial charge in [0.05, 0.1) is 24.6 Å². The number of fused-ring (bicyclic) bond motifs is 1. The second kappa shape index (κ2) is 8.22. The summed E-state index contributed by atoms with van der Waals surface area (Å²) in [7, 11) is -1.54. The van der Waals surface area contributed by atoms with Crippen LogP contribution in [0.3, 0.4) is 0 Å². The molecule has 0 N–H and O–H groups in total. The van der Waals surface area contributed by atoms with Crippen molar-refractivity contribution < 1.29 is 18.5 Å². The molecule has 31 heavy (non-hydrogen) atoms. The number of nitrogens with zero attached hydrogens (tertiary/aromatic N) is 1. The zero-order valence-corrected chi connectivity index (χ0v) is 18.2. The van der Waals surface area contributed by atoms with E-state index in [2.05, 4.69) is 6.30 Å². The quantitative estimate of drug-likeness (QED) is 0.340. The number of aromatic nitrogens is 1. The summed E-state index contributed by atoms with van der Waals surface area (Å²) in [5, 5.41) is 0.327. The van der Waals surface area contributed by atoms with Gasteiger partial charge in [0, 0.05) is 23.3 Å². The van der Waals surface area contributed by atoms with Crippen molar-refractivity contribution in [3.8, 4) is 0 Å². The first-order valence-corrected chi connectivity index (χ1v) is 12.5. The average Bonchev–Trinajstić information content (AvgIpc) is 3.53. The number of carbonyl (C=O) groups is 1. The number of benzene rings is 2. The van der Waals surface area contributed by atoms with Crippen molar-refractivity contribution in [3.63, 3.8) is 0 Å². The molecule has 4 nitrogen and oxygen atoms in total. The van der Waals surface area contributed by atoms with E-state index in [1.54, 1.807) is 12.3 Å². The zero-order chi connectivity index (χ0) is 21.5. The van der Waals surface area contributed by atoms with Crippen LogP contribution in [0.15, 0.2) is 48.7 Å². The van der Waals surface area contributed by atoms with Gasteiger partial charge in [-0.15, -0.1) is 0 Å². The second-order valence-electron chi connectivity index (χ2n) is 8.62. The van der Waals surface area contributed by atoms with Crippen LogP contribution in [0.1, 0.15) is 65.7 Å². The van der Waals surface area contributed by atoms with Crippen molar-refractivity contribution in [3.05, 3.63) is 71.2 Å². The molecule has 1 saturated carbocycles. The maximum atomic E-state index is 14.9. The second-order valence-corrected chi connectivity index (χ2v) is 9.95. The normalized spacial score (nSPS) is 21.9. The number of ketones is 1. The molecular weight excluding hydrogens is 412 g/mol. The van der Waals surface area contributed by atoms with E-state index in [0.717, 1.165) is 19.3 Å². The maximum Gasteiger partial charge on any atom is 0.195 e. The monoisotopic (exact) mass is 437 g/mol. The molecule has 1 aromatic heterocycles. The molecular formula is C25H25FNO3P. The van der Waals surface area contributed by atoms with Gasteiger partial charge in [0.2, 0.25) is 0 Å². The van der Waals surface area contributed by atoms with E-state index in [1.165, 1.54) is 24.5 Å². The minimum Gasteiger partial charge on any atom is -0.354 e. The third-order valence-corrected chi connectivity index (χ3v) is 7.13. The van der Waals surface area contributed by atoms with Gasteiger partial charge in [-0.05, 0) is 62.0 Å². The molecule has 0 spiro atoms. The third-order valence-electron chi connectivity index (χ3n) is 6.32. The molecule has 1 aliphatic heterocycles. The van der Waals surface area contributed by atoms with Crippen LogP contribution in [0.5, 0.6) is 0 Å². The van der Waals surface area contributed by atoms with Crippen molar-refractivity contribution in [2.75, 3.05) is 6.16 Å². The number of halogens is 1. The number of hydrogen-bond donors (Lipinski definition) is 0. The lowest BCUT2D eigenvalue weighted by Gasteiger charge is -2.30. The standard InChI is InChI=1S/C25H25FNO3P/c1-31(29)15-19-4-2-7-23(30-19)27-14-20(24-21(26)5-3-6-22(24)27)25(28)18-12-10-17(11-13-18)16-8-9-16/h3,5-6,10-14,16,19,23H,1-2,4,7-9,15H2/t19-,23+/m0/s1. The molecule has 160 valence electrons. The highest BCUT2D eigenvalue weighted by Gasteiger charge is 2.28. The van der Waals surface area contributed by atoms with Crippen molar-refractivity contribution >= 4 is 30.4 Å². The summed E-state index contributed by atoms with van der Waals surface area (Å²) >= 11 is 0. The Bertz CT molecular complexity index is 1200. The van der Waals surface area contributed by atoms with Gasteiger partial charge in [0.25, 0.3) is 0 Å². The highest BCUT2D eigenvalue weighted by atomic mass is 31.1. The minimum atomic E-state index is -1.54. The fourth-order valence-electron chi connectivity index (χ4n) is 4.60. The Labute approximate surface area is 181 Å². The van der Waals surface area contributed by atoms with Crippen LogP contribution in [0.25, 0.3) is 10.9 Å². The van der Waals surface area contributed by atoms with Crippen molar-refractivity contribution in [2.24, 2.45) is 0 Å². The molecule has 0 radical (unpaired) electrons. The lowest BCUT2D eigenvalue weighted by molar-refractivity contribution is -0.0766. The summed E-state index contributed by atoms with van der Waals surface area (Å²) in [6.45, 7) is 0. The Hall–Kier alpha value is -2.49. The largest absolute Gasteiger partial charge is 0.354 e. The maximum absolute atomic E-state index is 14.9. The molecule has 6 heteroatoms. The number of rotatable bonds is 6. The van der Waals surface area contributed by atoms with Gasteiger partial charge in [-0.1, -0.05) is 30.3 Å². The zero-order valence-electron chi connectivity index (χ0n) is 17.3. The molecule has 5 rings (SSSR count). The first-order valence-electron chi connectivity index (χ1n) is 10.9. The smallest absolute Gasteiger partial charge is 0.195 e. The van der Waals surface area contributed by atoms with E-state index in [1.807, 2.05) is 34.9 Å². The molecule has 0 amide bonds. The fraction of sp³-hybridized carbons (Fsp3) is 0.360. The van der Waals surface area contributed by atoms with Gasteiger partial charge in [-0.2, -0.15) is 0 Å². The van der Waals surface area contributed by atoms with Crippen molar-refractivity contribution in [1.82, 2.24) is 4.57 Å². The van der Waals surface area contributed by atoms with Crippen molar-refractivity contribution in [1.29, 1.82) is 0 Å². The molecule has 2 aliphatic rings. The van der Waals surface area contributed by atoms with Crippen LogP contribution in [-0.4, -0.2) is 28.9 Å². The molecule has 1 unspecified atom stereocenters. The first kappa shape index (κ1) is 20.4. The van der Waals surface area contributed by atoms with Gasteiger partial charge in [-0.25, -0.2) is 4.39 Å². The Morgan fingerprint density at radius 2 is 1.90 bits per heavy atom. The van der Waals surface area contributed by atoms with E-state index < -0.39 is 13.2 Å². The molecule has 0 bridgehead atoms. The van der Waals surface area contributed by atoms with Gasteiger partial charge in [0.15, 0.2) is 5.78 Å². The number of carbonyl (C=O) groups excluding carboxylic acids is 1.